The summed E-state index contributed by atoms with van der Waals surface area (Å²) in [6, 6.07) is 74.3. The van der Waals surface area contributed by atoms with E-state index in [1.54, 1.807) is 0 Å². The largest absolute Gasteiger partial charge is 0.372 e. The van der Waals surface area contributed by atoms with Crippen LogP contribution in [0.1, 0.15) is 17.5 Å². The zero-order valence-corrected chi connectivity index (χ0v) is 31.0. The van der Waals surface area contributed by atoms with E-state index in [9.17, 15) is 0 Å². The Balaban J connectivity index is 0.990. The van der Waals surface area contributed by atoms with Gasteiger partial charge in [0.15, 0.2) is 0 Å². The number of hydrogen-bond donors (Lipinski definition) is 1. The summed E-state index contributed by atoms with van der Waals surface area (Å²) < 4.78 is 0. The van der Waals surface area contributed by atoms with Gasteiger partial charge in [-0.05, 0) is 121 Å². The number of rotatable bonds is 8. The van der Waals surface area contributed by atoms with Crippen molar-refractivity contribution in [3.05, 3.63) is 236 Å². The lowest BCUT2D eigenvalue weighted by molar-refractivity contribution is 0.620. The van der Waals surface area contributed by atoms with Crippen LogP contribution in [0.2, 0.25) is 0 Å². The molecule has 1 atom stereocenters. The summed E-state index contributed by atoms with van der Waals surface area (Å²) in [5.74, 6) is 0. The first-order chi connectivity index (χ1) is 27.7. The maximum atomic E-state index is 3.84. The van der Waals surface area contributed by atoms with Gasteiger partial charge in [0.25, 0.3) is 0 Å². The highest BCUT2D eigenvalue weighted by molar-refractivity contribution is 6.25. The van der Waals surface area contributed by atoms with Crippen LogP contribution in [0, 0.1) is 0 Å². The van der Waals surface area contributed by atoms with Crippen molar-refractivity contribution in [1.29, 1.82) is 0 Å². The number of benzene rings is 9. The second-order valence-corrected chi connectivity index (χ2v) is 14.6. The molecule has 0 aromatic heterocycles. The van der Waals surface area contributed by atoms with Gasteiger partial charge < -0.3 is 10.2 Å². The summed E-state index contributed by atoms with van der Waals surface area (Å²) in [5.41, 5.74) is 10.2. The molecule has 2 nitrogen and oxygen atoms in total. The van der Waals surface area contributed by atoms with Gasteiger partial charge in [-0.1, -0.05) is 170 Å². The number of hydrogen-bond acceptors (Lipinski definition) is 2. The van der Waals surface area contributed by atoms with E-state index in [0.717, 1.165) is 29.2 Å². The second-order valence-electron chi connectivity index (χ2n) is 14.6. The Hall–Kier alpha value is -7.16. The Morgan fingerprint density at radius 2 is 0.911 bits per heavy atom. The van der Waals surface area contributed by atoms with Gasteiger partial charge in [0.1, 0.15) is 0 Å². The summed E-state index contributed by atoms with van der Waals surface area (Å²) in [4.78, 5) is 2.35. The van der Waals surface area contributed by atoms with E-state index >= 15 is 0 Å². The fraction of sp³-hybridized carbons (Fsp3) is 0.0370. The summed E-state index contributed by atoms with van der Waals surface area (Å²) in [5, 5.41) is 11.6. The molecule has 0 bridgehead atoms. The standard InChI is InChI=1S/C54H40N2/c1-4-16-43(17-5-1)54(55-44-18-6-2-7-19-44)35-33-40(34-36-54)39-27-30-46(31-28-39)56(45-20-8-3-9-21-45)47-22-14-15-41(37-47)42-29-32-52-50-25-11-10-23-48(50)49-24-12-13-26-51(49)53(52)38-42/h1-35,37-38,55H,36H2. The lowest BCUT2D eigenvalue weighted by Crippen LogP contribution is -2.34. The minimum atomic E-state index is -0.326. The molecular formula is C54H40N2. The summed E-state index contributed by atoms with van der Waals surface area (Å²) >= 11 is 0. The van der Waals surface area contributed by atoms with Gasteiger partial charge in [-0.15, -0.1) is 0 Å². The third-order valence-electron chi connectivity index (χ3n) is 11.3. The molecule has 0 amide bonds. The smallest absolute Gasteiger partial charge is 0.0847 e. The van der Waals surface area contributed by atoms with Crippen LogP contribution in [-0.4, -0.2) is 0 Å². The third-order valence-corrected chi connectivity index (χ3v) is 11.3. The van der Waals surface area contributed by atoms with Crippen molar-refractivity contribution in [3.8, 4) is 11.1 Å². The molecule has 2 heteroatoms. The van der Waals surface area contributed by atoms with Gasteiger partial charge in [0.2, 0.25) is 0 Å². The van der Waals surface area contributed by atoms with Gasteiger partial charge >= 0.3 is 0 Å². The number of nitrogens with zero attached hydrogens (tertiary/aromatic N) is 1. The van der Waals surface area contributed by atoms with Crippen molar-refractivity contribution in [3.63, 3.8) is 0 Å². The molecule has 0 spiro atoms. The van der Waals surface area contributed by atoms with Crippen molar-refractivity contribution in [1.82, 2.24) is 0 Å². The maximum absolute atomic E-state index is 3.84. The summed E-state index contributed by atoms with van der Waals surface area (Å²) in [6.45, 7) is 0. The molecule has 56 heavy (non-hydrogen) atoms. The van der Waals surface area contributed by atoms with Crippen LogP contribution in [0.15, 0.2) is 224 Å². The van der Waals surface area contributed by atoms with E-state index in [1.807, 2.05) is 0 Å². The highest BCUT2D eigenvalue weighted by atomic mass is 15.1. The van der Waals surface area contributed by atoms with Crippen molar-refractivity contribution >= 4 is 60.6 Å². The fourth-order valence-electron chi connectivity index (χ4n) is 8.49. The van der Waals surface area contributed by atoms with Crippen LogP contribution in [0.25, 0.3) is 49.0 Å². The Kier molecular flexibility index (Phi) is 8.50. The van der Waals surface area contributed by atoms with Crippen LogP contribution in [0.5, 0.6) is 0 Å². The Morgan fingerprint density at radius 1 is 0.393 bits per heavy atom. The first-order valence-electron chi connectivity index (χ1n) is 19.4. The lowest BCUT2D eigenvalue weighted by Gasteiger charge is -2.35. The molecule has 0 saturated heterocycles. The topological polar surface area (TPSA) is 15.3 Å². The monoisotopic (exact) mass is 716 g/mol. The number of fused-ring (bicyclic) bond motifs is 6. The quantitative estimate of drug-likeness (QED) is 0.158. The van der Waals surface area contributed by atoms with Gasteiger partial charge in [0, 0.05) is 22.7 Å². The number of para-hydroxylation sites is 2. The Morgan fingerprint density at radius 3 is 1.55 bits per heavy atom. The highest BCUT2D eigenvalue weighted by Gasteiger charge is 2.30. The lowest BCUT2D eigenvalue weighted by atomic mass is 9.81. The highest BCUT2D eigenvalue weighted by Crippen LogP contribution is 2.41. The molecule has 1 unspecified atom stereocenters. The van der Waals surface area contributed by atoms with Gasteiger partial charge in [-0.2, -0.15) is 0 Å². The normalized spacial score (nSPS) is 15.2. The predicted molar refractivity (Wildman–Crippen MR) is 239 cm³/mol. The predicted octanol–water partition coefficient (Wildman–Crippen LogP) is 14.6. The zero-order valence-electron chi connectivity index (χ0n) is 31.0. The number of anilines is 4. The SMILES string of the molecule is C1=CC(Nc2ccccc2)(c2ccccc2)CC=C1c1ccc(N(c2ccccc2)c2cccc(-c3ccc4c5ccccc5c5ccccc5c4c3)c2)cc1. The molecule has 9 aromatic carbocycles. The van der Waals surface area contributed by atoms with Crippen molar-refractivity contribution in [2.24, 2.45) is 0 Å². The van der Waals surface area contributed by atoms with Crippen LogP contribution < -0.4 is 10.2 Å². The van der Waals surface area contributed by atoms with E-state index in [-0.39, 0.29) is 5.54 Å². The molecule has 0 aliphatic heterocycles. The minimum Gasteiger partial charge on any atom is -0.372 e. The average molecular weight is 717 g/mol. The first kappa shape index (κ1) is 33.4. The Bertz CT molecular complexity index is 2860. The minimum absolute atomic E-state index is 0.326. The van der Waals surface area contributed by atoms with Crippen molar-refractivity contribution in [2.75, 3.05) is 10.2 Å². The molecule has 1 N–H and O–H groups in total. The first-order valence-corrected chi connectivity index (χ1v) is 19.4. The molecule has 10 rings (SSSR count). The molecule has 0 radical (unpaired) electrons. The van der Waals surface area contributed by atoms with Crippen molar-refractivity contribution < 1.29 is 0 Å². The maximum Gasteiger partial charge on any atom is 0.0847 e. The summed E-state index contributed by atoms with van der Waals surface area (Å²) in [6.07, 6.45) is 7.81. The average Bonchev–Trinajstić information content (AvgIpc) is 3.28. The molecule has 1 aliphatic carbocycles. The van der Waals surface area contributed by atoms with Crippen LogP contribution in [-0.2, 0) is 5.54 Å². The number of nitrogens with one attached hydrogen (secondary N) is 1. The Labute approximate surface area is 328 Å². The van der Waals surface area contributed by atoms with E-state index in [1.165, 1.54) is 60.1 Å². The van der Waals surface area contributed by atoms with Crippen molar-refractivity contribution in [2.45, 2.75) is 12.0 Å². The van der Waals surface area contributed by atoms with Gasteiger partial charge in [-0.25, -0.2) is 0 Å². The molecule has 1 aliphatic rings. The van der Waals surface area contributed by atoms with Crippen LogP contribution >= 0.6 is 0 Å². The fourth-order valence-corrected chi connectivity index (χ4v) is 8.49. The van der Waals surface area contributed by atoms with Gasteiger partial charge in [-0.3, -0.25) is 0 Å². The van der Waals surface area contributed by atoms with E-state index in [0.29, 0.717) is 0 Å². The molecule has 0 saturated carbocycles. The molecule has 9 aromatic rings. The molecule has 0 heterocycles. The van der Waals surface area contributed by atoms with E-state index in [4.69, 9.17) is 0 Å². The summed E-state index contributed by atoms with van der Waals surface area (Å²) in [7, 11) is 0. The van der Waals surface area contributed by atoms with Gasteiger partial charge in [0.05, 0.1) is 5.54 Å². The molecule has 0 fully saturated rings. The molecular weight excluding hydrogens is 677 g/mol. The van der Waals surface area contributed by atoms with E-state index < -0.39 is 0 Å². The van der Waals surface area contributed by atoms with Crippen LogP contribution in [0.4, 0.5) is 22.7 Å². The second kappa shape index (κ2) is 14.2. The molecule has 266 valence electrons. The zero-order chi connectivity index (χ0) is 37.3. The van der Waals surface area contributed by atoms with E-state index in [2.05, 4.69) is 235 Å². The third kappa shape index (κ3) is 6.12. The number of allylic oxidation sites excluding steroid dienone is 2. The van der Waals surface area contributed by atoms with Crippen LogP contribution in [0.3, 0.4) is 0 Å².